The quantitative estimate of drug-likeness (QED) is 0.595. The van der Waals surface area contributed by atoms with Crippen LogP contribution in [0.25, 0.3) is 0 Å². The van der Waals surface area contributed by atoms with Crippen LogP contribution in [0.5, 0.6) is 11.5 Å². The van der Waals surface area contributed by atoms with Crippen LogP contribution in [0.4, 0.5) is 0 Å². The van der Waals surface area contributed by atoms with Gasteiger partial charge in [0, 0.05) is 30.0 Å². The number of allylic oxidation sites excluding steroid dienone is 1. The standard InChI is InChI=1S/C24H34N2O4/c1-5-6-7-8-15-11-19(27)22-17-13-16(23(29)26-14-21(28)25-4)9-10-18(17)24(2,3)30-20(22)12-15/h11-13,17-18,27H,5-10,14H2,1-4H3,(H,25,28)(H,26,29). The molecule has 0 saturated heterocycles. The van der Waals surface area contributed by atoms with Crippen LogP contribution in [0.3, 0.4) is 0 Å². The zero-order chi connectivity index (χ0) is 21.9. The highest BCUT2D eigenvalue weighted by Crippen LogP contribution is 2.53. The van der Waals surface area contributed by atoms with Crippen molar-refractivity contribution < 1.29 is 19.4 Å². The number of carbonyl (C=O) groups excluding carboxylic acids is 2. The van der Waals surface area contributed by atoms with Gasteiger partial charge in [-0.05, 0) is 57.2 Å². The van der Waals surface area contributed by atoms with Crippen LogP contribution in [-0.2, 0) is 16.0 Å². The molecule has 2 aliphatic rings. The van der Waals surface area contributed by atoms with E-state index in [1.165, 1.54) is 0 Å². The lowest BCUT2D eigenvalue weighted by Crippen LogP contribution is -2.46. The van der Waals surface area contributed by atoms with E-state index in [0.717, 1.165) is 49.0 Å². The van der Waals surface area contributed by atoms with Crippen molar-refractivity contribution in [3.63, 3.8) is 0 Å². The predicted octanol–water partition coefficient (Wildman–Crippen LogP) is 3.58. The molecule has 2 atom stereocenters. The van der Waals surface area contributed by atoms with Crippen molar-refractivity contribution >= 4 is 11.8 Å². The van der Waals surface area contributed by atoms with E-state index < -0.39 is 5.60 Å². The summed E-state index contributed by atoms with van der Waals surface area (Å²) in [5, 5.41) is 16.1. The largest absolute Gasteiger partial charge is 0.507 e. The van der Waals surface area contributed by atoms with Crippen molar-refractivity contribution in [3.8, 4) is 11.5 Å². The van der Waals surface area contributed by atoms with Crippen molar-refractivity contribution in [1.29, 1.82) is 0 Å². The van der Waals surface area contributed by atoms with E-state index in [1.807, 2.05) is 12.1 Å². The molecule has 1 aromatic carbocycles. The fourth-order valence-electron chi connectivity index (χ4n) is 4.69. The first-order valence-electron chi connectivity index (χ1n) is 11.0. The summed E-state index contributed by atoms with van der Waals surface area (Å²) in [4.78, 5) is 24.1. The predicted molar refractivity (Wildman–Crippen MR) is 117 cm³/mol. The van der Waals surface area contributed by atoms with Gasteiger partial charge in [0.1, 0.15) is 17.1 Å². The average molecular weight is 415 g/mol. The summed E-state index contributed by atoms with van der Waals surface area (Å²) in [6, 6.07) is 3.90. The molecule has 1 aliphatic carbocycles. The third-order valence-electron chi connectivity index (χ3n) is 6.37. The van der Waals surface area contributed by atoms with Crippen molar-refractivity contribution in [2.75, 3.05) is 13.6 Å². The summed E-state index contributed by atoms with van der Waals surface area (Å²) in [5.41, 5.74) is 2.12. The number of likely N-dealkylation sites (N-methyl/N-ethyl adjacent to an activating group) is 1. The molecule has 1 heterocycles. The second-order valence-corrected chi connectivity index (χ2v) is 8.91. The highest BCUT2D eigenvalue weighted by atomic mass is 16.5. The lowest BCUT2D eigenvalue weighted by atomic mass is 9.67. The van der Waals surface area contributed by atoms with E-state index in [9.17, 15) is 14.7 Å². The third-order valence-corrected chi connectivity index (χ3v) is 6.37. The van der Waals surface area contributed by atoms with E-state index in [0.29, 0.717) is 12.0 Å². The molecule has 3 rings (SSSR count). The fourth-order valence-corrected chi connectivity index (χ4v) is 4.69. The van der Waals surface area contributed by atoms with Crippen LogP contribution < -0.4 is 15.4 Å². The van der Waals surface area contributed by atoms with Crippen LogP contribution in [0.2, 0.25) is 0 Å². The number of unbranched alkanes of at least 4 members (excludes halogenated alkanes) is 2. The molecule has 1 aromatic rings. The van der Waals surface area contributed by atoms with Gasteiger partial charge in [-0.2, -0.15) is 0 Å². The monoisotopic (exact) mass is 414 g/mol. The van der Waals surface area contributed by atoms with Gasteiger partial charge in [0.15, 0.2) is 0 Å². The first kappa shape index (κ1) is 22.2. The summed E-state index contributed by atoms with van der Waals surface area (Å²) < 4.78 is 6.36. The number of aromatic hydroxyl groups is 1. The van der Waals surface area contributed by atoms with E-state index in [4.69, 9.17) is 4.74 Å². The topological polar surface area (TPSA) is 87.7 Å². The van der Waals surface area contributed by atoms with E-state index in [-0.39, 0.29) is 35.9 Å². The van der Waals surface area contributed by atoms with E-state index in [1.54, 1.807) is 7.05 Å². The van der Waals surface area contributed by atoms with Gasteiger partial charge >= 0.3 is 0 Å². The Bertz CT molecular complexity index is 844. The van der Waals surface area contributed by atoms with E-state index >= 15 is 0 Å². The van der Waals surface area contributed by atoms with Crippen LogP contribution in [0, 0.1) is 5.92 Å². The van der Waals surface area contributed by atoms with Crippen molar-refractivity contribution in [2.24, 2.45) is 5.92 Å². The Kier molecular flexibility index (Phi) is 6.74. The molecule has 30 heavy (non-hydrogen) atoms. The van der Waals surface area contributed by atoms with E-state index in [2.05, 4.69) is 37.5 Å². The second kappa shape index (κ2) is 9.11. The van der Waals surface area contributed by atoms with Crippen LogP contribution in [-0.4, -0.2) is 36.1 Å². The number of hydrogen-bond donors (Lipinski definition) is 3. The van der Waals surface area contributed by atoms with Crippen molar-refractivity contribution in [2.45, 2.75) is 70.8 Å². The molecule has 0 saturated carbocycles. The maximum absolute atomic E-state index is 12.6. The lowest BCUT2D eigenvalue weighted by molar-refractivity contribution is -0.124. The molecular formula is C24H34N2O4. The van der Waals surface area contributed by atoms with Crippen molar-refractivity contribution in [1.82, 2.24) is 10.6 Å². The Balaban J connectivity index is 1.90. The molecule has 0 fully saturated rings. The van der Waals surface area contributed by atoms with Gasteiger partial charge in [-0.25, -0.2) is 0 Å². The average Bonchev–Trinajstić information content (AvgIpc) is 2.70. The lowest BCUT2D eigenvalue weighted by Gasteiger charge is -2.46. The fraction of sp³-hybridized carbons (Fsp3) is 0.583. The minimum Gasteiger partial charge on any atom is -0.507 e. The summed E-state index contributed by atoms with van der Waals surface area (Å²) >= 11 is 0. The highest BCUT2D eigenvalue weighted by molar-refractivity contribution is 5.96. The molecule has 3 N–H and O–H groups in total. The Morgan fingerprint density at radius 1 is 1.27 bits per heavy atom. The van der Waals surface area contributed by atoms with Crippen LogP contribution in [0.1, 0.15) is 69.9 Å². The second-order valence-electron chi connectivity index (χ2n) is 8.91. The zero-order valence-corrected chi connectivity index (χ0v) is 18.5. The number of ether oxygens (including phenoxy) is 1. The number of aryl methyl sites for hydroxylation is 1. The van der Waals surface area contributed by atoms with Gasteiger partial charge in [-0.1, -0.05) is 25.8 Å². The molecule has 164 valence electrons. The van der Waals surface area contributed by atoms with Gasteiger partial charge in [0.05, 0.1) is 6.54 Å². The molecule has 6 nitrogen and oxygen atoms in total. The molecule has 0 aromatic heterocycles. The number of amides is 2. The summed E-state index contributed by atoms with van der Waals surface area (Å²) in [5.74, 6) is 0.575. The van der Waals surface area contributed by atoms with Gasteiger partial charge in [-0.15, -0.1) is 0 Å². The number of carbonyl (C=O) groups is 2. The minimum absolute atomic E-state index is 0.0433. The smallest absolute Gasteiger partial charge is 0.247 e. The Hall–Kier alpha value is -2.50. The third kappa shape index (κ3) is 4.63. The Labute approximate surface area is 179 Å². The summed E-state index contributed by atoms with van der Waals surface area (Å²) in [6.45, 7) is 6.30. The maximum Gasteiger partial charge on any atom is 0.247 e. The van der Waals surface area contributed by atoms with Gasteiger partial charge in [0.2, 0.25) is 11.8 Å². The maximum atomic E-state index is 12.6. The van der Waals surface area contributed by atoms with Crippen molar-refractivity contribution in [3.05, 3.63) is 34.9 Å². The van der Waals surface area contributed by atoms with Gasteiger partial charge < -0.3 is 20.5 Å². The van der Waals surface area contributed by atoms with Crippen LogP contribution in [0.15, 0.2) is 23.8 Å². The molecule has 0 radical (unpaired) electrons. The SMILES string of the molecule is CCCCCc1cc(O)c2c(c1)OC(C)(C)C1CCC(C(=O)NCC(=O)NC)=CC21. The Morgan fingerprint density at radius 3 is 2.73 bits per heavy atom. The molecule has 0 bridgehead atoms. The number of phenols is 1. The van der Waals surface area contributed by atoms with Crippen LogP contribution >= 0.6 is 0 Å². The summed E-state index contributed by atoms with van der Waals surface area (Å²) in [7, 11) is 1.54. The molecule has 2 amide bonds. The first-order chi connectivity index (χ1) is 14.3. The number of nitrogens with one attached hydrogen (secondary N) is 2. The molecular weight excluding hydrogens is 380 g/mol. The Morgan fingerprint density at radius 2 is 2.03 bits per heavy atom. The molecule has 2 unspecified atom stereocenters. The molecule has 0 spiro atoms. The first-order valence-corrected chi connectivity index (χ1v) is 11.0. The number of rotatable bonds is 7. The minimum atomic E-state index is -0.396. The van der Waals surface area contributed by atoms with Gasteiger partial charge in [-0.3, -0.25) is 9.59 Å². The zero-order valence-electron chi connectivity index (χ0n) is 18.5. The number of benzene rings is 1. The molecule has 1 aliphatic heterocycles. The molecule has 6 heteroatoms. The number of phenolic OH excluding ortho intramolecular Hbond substituents is 1. The van der Waals surface area contributed by atoms with Gasteiger partial charge in [0.25, 0.3) is 0 Å². The number of fused-ring (bicyclic) bond motifs is 3. The number of hydrogen-bond acceptors (Lipinski definition) is 4. The summed E-state index contributed by atoms with van der Waals surface area (Å²) in [6.07, 6.45) is 7.68. The normalized spacial score (nSPS) is 21.5. The highest BCUT2D eigenvalue weighted by Gasteiger charge is 2.46.